The molecule has 112 valence electrons. The van der Waals surface area contributed by atoms with E-state index < -0.39 is 11.8 Å². The van der Waals surface area contributed by atoms with E-state index in [-0.39, 0.29) is 12.6 Å². The molecule has 0 aromatic heterocycles. The summed E-state index contributed by atoms with van der Waals surface area (Å²) < 4.78 is 5.17. The number of nitrogens with zero attached hydrogens (tertiary/aromatic N) is 2. The van der Waals surface area contributed by atoms with Crippen LogP contribution in [0, 0.1) is 0 Å². The maximum absolute atomic E-state index is 12.4. The Kier molecular flexibility index (Phi) is 3.45. The fourth-order valence-corrected chi connectivity index (χ4v) is 3.13. The summed E-state index contributed by atoms with van der Waals surface area (Å²) in [5.74, 6) is 0. The highest BCUT2D eigenvalue weighted by Gasteiger charge is 2.54. The van der Waals surface area contributed by atoms with Crippen LogP contribution in [0.3, 0.4) is 0 Å². The number of urea groups is 1. The third-order valence-electron chi connectivity index (χ3n) is 4.01. The van der Waals surface area contributed by atoms with Gasteiger partial charge in [-0.15, -0.1) is 0 Å². The fourth-order valence-electron chi connectivity index (χ4n) is 3.13. The number of hydrogen-bond acceptors (Lipinski definition) is 3. The van der Waals surface area contributed by atoms with Crippen molar-refractivity contribution in [1.82, 2.24) is 10.3 Å². The van der Waals surface area contributed by atoms with Crippen LogP contribution in [0.2, 0.25) is 0 Å². The maximum Gasteiger partial charge on any atom is 0.431 e. The van der Waals surface area contributed by atoms with Gasteiger partial charge in [-0.2, -0.15) is 10.0 Å². The van der Waals surface area contributed by atoms with Crippen molar-refractivity contribution in [1.29, 1.82) is 0 Å². The minimum absolute atomic E-state index is 0.280. The van der Waals surface area contributed by atoms with Crippen LogP contribution in [0.5, 0.6) is 0 Å². The van der Waals surface area contributed by atoms with Crippen LogP contribution < -0.4 is 10.3 Å². The van der Waals surface area contributed by atoms with E-state index in [1.807, 2.05) is 18.2 Å². The molecule has 0 radical (unpaired) electrons. The Hall–Kier alpha value is -2.24. The first kappa shape index (κ1) is 13.7. The summed E-state index contributed by atoms with van der Waals surface area (Å²) in [5.41, 5.74) is 0.0194. The summed E-state index contributed by atoms with van der Waals surface area (Å²) in [6.07, 6.45) is 2.99. The zero-order valence-corrected chi connectivity index (χ0v) is 12.0. The molecule has 0 unspecified atom stereocenters. The third kappa shape index (κ3) is 2.20. The average Bonchev–Trinajstić information content (AvgIpc) is 3.05. The highest BCUT2D eigenvalue weighted by molar-refractivity contribution is 5.98. The SMILES string of the molecule is CCOC(=O)N1N(c2ccccc2)C(=O)NC12CCCC2. The molecule has 1 aromatic carbocycles. The molecule has 1 aliphatic heterocycles. The molecule has 1 saturated carbocycles. The molecule has 2 aliphatic rings. The third-order valence-corrected chi connectivity index (χ3v) is 4.01. The van der Waals surface area contributed by atoms with Crippen molar-refractivity contribution in [3.05, 3.63) is 30.3 Å². The highest BCUT2D eigenvalue weighted by atomic mass is 16.6. The van der Waals surface area contributed by atoms with E-state index in [2.05, 4.69) is 5.32 Å². The first-order valence-corrected chi connectivity index (χ1v) is 7.32. The predicted octanol–water partition coefficient (Wildman–Crippen LogP) is 2.86. The van der Waals surface area contributed by atoms with Crippen LogP contribution in [-0.2, 0) is 4.74 Å². The lowest BCUT2D eigenvalue weighted by Crippen LogP contribution is -2.55. The van der Waals surface area contributed by atoms with Crippen molar-refractivity contribution in [2.24, 2.45) is 0 Å². The van der Waals surface area contributed by atoms with Crippen molar-refractivity contribution in [3.63, 3.8) is 0 Å². The number of carbonyl (C=O) groups excluding carboxylic acids is 2. The van der Waals surface area contributed by atoms with Gasteiger partial charge < -0.3 is 10.1 Å². The van der Waals surface area contributed by atoms with E-state index in [1.165, 1.54) is 10.0 Å². The lowest BCUT2D eigenvalue weighted by molar-refractivity contribution is 0.0629. The molecule has 1 aliphatic carbocycles. The van der Waals surface area contributed by atoms with E-state index in [4.69, 9.17) is 4.74 Å². The van der Waals surface area contributed by atoms with Crippen molar-refractivity contribution < 1.29 is 14.3 Å². The summed E-state index contributed by atoms with van der Waals surface area (Å²) >= 11 is 0. The topological polar surface area (TPSA) is 61.9 Å². The number of anilines is 1. The normalized spacial score (nSPS) is 20.0. The zero-order valence-electron chi connectivity index (χ0n) is 12.0. The number of nitrogens with one attached hydrogen (secondary N) is 1. The molecular weight excluding hydrogens is 270 g/mol. The standard InChI is InChI=1S/C15H19N3O3/c1-2-21-14(20)18-15(10-6-7-11-15)16-13(19)17(18)12-8-4-3-5-9-12/h3-5,8-9H,2,6-7,10-11H2,1H3,(H,16,19). The van der Waals surface area contributed by atoms with Gasteiger partial charge in [0.25, 0.3) is 0 Å². The Morgan fingerprint density at radius 1 is 1.29 bits per heavy atom. The van der Waals surface area contributed by atoms with Crippen LogP contribution >= 0.6 is 0 Å². The van der Waals surface area contributed by atoms with Crippen LogP contribution in [-0.4, -0.2) is 29.4 Å². The Morgan fingerprint density at radius 3 is 2.57 bits per heavy atom. The molecule has 2 fully saturated rings. The second-order valence-electron chi connectivity index (χ2n) is 5.33. The molecule has 6 heteroatoms. The van der Waals surface area contributed by atoms with Gasteiger partial charge in [-0.3, -0.25) is 0 Å². The van der Waals surface area contributed by atoms with Gasteiger partial charge in [-0.25, -0.2) is 9.59 Å². The first-order chi connectivity index (χ1) is 10.2. The Bertz CT molecular complexity index is 540. The lowest BCUT2D eigenvalue weighted by Gasteiger charge is -2.35. The molecule has 0 atom stereocenters. The van der Waals surface area contributed by atoms with Crippen molar-refractivity contribution in [2.45, 2.75) is 38.3 Å². The monoisotopic (exact) mass is 289 g/mol. The van der Waals surface area contributed by atoms with E-state index in [0.29, 0.717) is 5.69 Å². The zero-order chi connectivity index (χ0) is 14.9. The van der Waals surface area contributed by atoms with E-state index >= 15 is 0 Å². The quantitative estimate of drug-likeness (QED) is 0.910. The molecule has 1 spiro atoms. The summed E-state index contributed by atoms with van der Waals surface area (Å²) in [6, 6.07) is 8.88. The smallest absolute Gasteiger partial charge is 0.431 e. The number of hydrogen-bond donors (Lipinski definition) is 1. The van der Waals surface area contributed by atoms with Crippen molar-refractivity contribution >= 4 is 17.8 Å². The van der Waals surface area contributed by atoms with Gasteiger partial charge in [0.15, 0.2) is 0 Å². The predicted molar refractivity (Wildman–Crippen MR) is 77.5 cm³/mol. The van der Waals surface area contributed by atoms with Gasteiger partial charge >= 0.3 is 12.1 Å². The number of amides is 3. The first-order valence-electron chi connectivity index (χ1n) is 7.32. The number of ether oxygens (including phenoxy) is 1. The largest absolute Gasteiger partial charge is 0.448 e. The van der Waals surface area contributed by atoms with E-state index in [0.717, 1.165) is 25.7 Å². The highest BCUT2D eigenvalue weighted by Crippen LogP contribution is 2.40. The van der Waals surface area contributed by atoms with Crippen LogP contribution in [0.25, 0.3) is 0 Å². The molecular formula is C15H19N3O3. The van der Waals surface area contributed by atoms with Gasteiger partial charge in [0, 0.05) is 0 Å². The van der Waals surface area contributed by atoms with E-state index in [1.54, 1.807) is 19.1 Å². The molecule has 1 heterocycles. The number of rotatable bonds is 2. The minimum atomic E-state index is -0.640. The molecule has 21 heavy (non-hydrogen) atoms. The van der Waals surface area contributed by atoms with Gasteiger partial charge in [0.05, 0.1) is 12.3 Å². The number of hydrazine groups is 1. The summed E-state index contributed by atoms with van der Waals surface area (Å²) in [6.45, 7) is 2.04. The Morgan fingerprint density at radius 2 is 1.95 bits per heavy atom. The molecule has 3 rings (SSSR count). The summed E-state index contributed by atoms with van der Waals surface area (Å²) in [5, 5.41) is 5.83. The summed E-state index contributed by atoms with van der Waals surface area (Å²) in [7, 11) is 0. The molecule has 0 bridgehead atoms. The van der Waals surface area contributed by atoms with Gasteiger partial charge in [0.1, 0.15) is 5.66 Å². The molecule has 1 N–H and O–H groups in total. The Labute approximate surface area is 123 Å². The van der Waals surface area contributed by atoms with Crippen LogP contribution in [0.15, 0.2) is 30.3 Å². The van der Waals surface area contributed by atoms with Crippen LogP contribution in [0.1, 0.15) is 32.6 Å². The molecule has 3 amide bonds. The lowest BCUT2D eigenvalue weighted by atomic mass is 10.1. The van der Waals surface area contributed by atoms with Gasteiger partial charge in [-0.05, 0) is 44.7 Å². The minimum Gasteiger partial charge on any atom is -0.448 e. The van der Waals surface area contributed by atoms with Gasteiger partial charge in [-0.1, -0.05) is 18.2 Å². The second kappa shape index (κ2) is 5.27. The number of carbonyl (C=O) groups is 2. The van der Waals surface area contributed by atoms with Gasteiger partial charge in [0.2, 0.25) is 0 Å². The number of benzene rings is 1. The molecule has 1 aromatic rings. The molecule has 1 saturated heterocycles. The van der Waals surface area contributed by atoms with Crippen molar-refractivity contribution in [2.75, 3.05) is 11.6 Å². The maximum atomic E-state index is 12.4. The second-order valence-corrected chi connectivity index (χ2v) is 5.33. The van der Waals surface area contributed by atoms with E-state index in [9.17, 15) is 9.59 Å². The summed E-state index contributed by atoms with van der Waals surface area (Å²) in [4.78, 5) is 24.8. The average molecular weight is 289 g/mol. The Balaban J connectivity index is 2.00. The molecule has 6 nitrogen and oxygen atoms in total. The number of para-hydroxylation sites is 1. The van der Waals surface area contributed by atoms with Crippen LogP contribution in [0.4, 0.5) is 15.3 Å². The fraction of sp³-hybridized carbons (Fsp3) is 0.467. The van der Waals surface area contributed by atoms with Crippen molar-refractivity contribution in [3.8, 4) is 0 Å².